The standard InChI is InChI=1S/C19H22N2O4S/c1-2-23-19(22)18-20-14(12-26-18)11-21-7-3-4-15(21)13-5-6-16-17(10-13)25-9-8-24-16/h5-6,10,12,15H,2-4,7-9,11H2,1H3/t15-/m0/s1. The summed E-state index contributed by atoms with van der Waals surface area (Å²) >= 11 is 1.35. The number of hydrogen-bond donors (Lipinski definition) is 0. The number of hydrogen-bond acceptors (Lipinski definition) is 7. The van der Waals surface area contributed by atoms with Crippen molar-refractivity contribution in [3.8, 4) is 11.5 Å². The zero-order valence-corrected chi connectivity index (χ0v) is 15.6. The highest BCUT2D eigenvalue weighted by Crippen LogP contribution is 2.38. The second kappa shape index (κ2) is 7.63. The summed E-state index contributed by atoms with van der Waals surface area (Å²) in [6, 6.07) is 6.56. The molecule has 2 aliphatic heterocycles. The van der Waals surface area contributed by atoms with Gasteiger partial charge in [0.15, 0.2) is 11.5 Å². The summed E-state index contributed by atoms with van der Waals surface area (Å²) in [5.41, 5.74) is 2.16. The molecule has 7 heteroatoms. The van der Waals surface area contributed by atoms with E-state index in [0.29, 0.717) is 30.9 Å². The van der Waals surface area contributed by atoms with Gasteiger partial charge >= 0.3 is 5.97 Å². The Kier molecular flexibility index (Phi) is 5.08. The molecule has 2 aromatic rings. The number of nitrogens with zero attached hydrogens (tertiary/aromatic N) is 2. The molecular formula is C19H22N2O4S. The van der Waals surface area contributed by atoms with Crippen LogP contribution in [-0.4, -0.2) is 42.2 Å². The van der Waals surface area contributed by atoms with E-state index in [9.17, 15) is 4.79 Å². The molecule has 0 unspecified atom stereocenters. The van der Waals surface area contributed by atoms with Gasteiger partial charge in [0.25, 0.3) is 0 Å². The first-order valence-electron chi connectivity index (χ1n) is 8.99. The average Bonchev–Trinajstić information content (AvgIpc) is 3.31. The van der Waals surface area contributed by atoms with E-state index in [2.05, 4.69) is 22.0 Å². The number of carbonyl (C=O) groups is 1. The maximum atomic E-state index is 11.8. The third-order valence-corrected chi connectivity index (χ3v) is 5.55. The molecule has 6 nitrogen and oxygen atoms in total. The van der Waals surface area contributed by atoms with E-state index in [1.54, 1.807) is 6.92 Å². The number of benzene rings is 1. The minimum atomic E-state index is -0.339. The van der Waals surface area contributed by atoms with Gasteiger partial charge in [0.05, 0.1) is 12.3 Å². The number of esters is 1. The zero-order valence-electron chi connectivity index (χ0n) is 14.8. The molecule has 26 heavy (non-hydrogen) atoms. The molecule has 3 heterocycles. The van der Waals surface area contributed by atoms with Gasteiger partial charge in [-0.1, -0.05) is 6.07 Å². The highest BCUT2D eigenvalue weighted by molar-refractivity contribution is 7.11. The van der Waals surface area contributed by atoms with Gasteiger partial charge in [-0.05, 0) is 44.0 Å². The van der Waals surface area contributed by atoms with Crippen LogP contribution in [0.1, 0.15) is 46.9 Å². The number of thiazole rings is 1. The number of likely N-dealkylation sites (tertiary alicyclic amines) is 1. The first kappa shape index (κ1) is 17.3. The molecule has 0 bridgehead atoms. The number of carbonyl (C=O) groups excluding carboxylic acids is 1. The topological polar surface area (TPSA) is 60.9 Å². The van der Waals surface area contributed by atoms with Gasteiger partial charge < -0.3 is 14.2 Å². The molecule has 0 N–H and O–H groups in total. The number of rotatable bonds is 5. The molecule has 0 amide bonds. The molecule has 2 aliphatic rings. The SMILES string of the molecule is CCOC(=O)c1nc(CN2CCC[C@H]2c2ccc3c(c2)OCCO3)cs1. The average molecular weight is 374 g/mol. The number of aromatic nitrogens is 1. The van der Waals surface area contributed by atoms with E-state index in [1.807, 2.05) is 11.4 Å². The first-order chi connectivity index (χ1) is 12.7. The van der Waals surface area contributed by atoms with Crippen LogP contribution >= 0.6 is 11.3 Å². The highest BCUT2D eigenvalue weighted by atomic mass is 32.1. The Balaban J connectivity index is 1.48. The van der Waals surface area contributed by atoms with Gasteiger partial charge in [-0.15, -0.1) is 11.3 Å². The monoisotopic (exact) mass is 374 g/mol. The predicted molar refractivity (Wildman–Crippen MR) is 97.9 cm³/mol. The second-order valence-corrected chi connectivity index (χ2v) is 7.25. The van der Waals surface area contributed by atoms with Crippen LogP contribution in [-0.2, 0) is 11.3 Å². The molecule has 4 rings (SSSR count). The van der Waals surface area contributed by atoms with Crippen molar-refractivity contribution in [2.24, 2.45) is 0 Å². The van der Waals surface area contributed by atoms with Crippen LogP contribution in [0.2, 0.25) is 0 Å². The molecule has 138 valence electrons. The first-order valence-corrected chi connectivity index (χ1v) is 9.87. The van der Waals surface area contributed by atoms with Crippen molar-refractivity contribution >= 4 is 17.3 Å². The summed E-state index contributed by atoms with van der Waals surface area (Å²) in [4.78, 5) is 18.7. The van der Waals surface area contributed by atoms with Crippen LogP contribution in [0.3, 0.4) is 0 Å². The summed E-state index contributed by atoms with van der Waals surface area (Å²) in [6.45, 7) is 5.12. The van der Waals surface area contributed by atoms with Crippen molar-refractivity contribution < 1.29 is 19.0 Å². The Bertz CT molecular complexity index is 792. The van der Waals surface area contributed by atoms with E-state index >= 15 is 0 Å². The lowest BCUT2D eigenvalue weighted by molar-refractivity contribution is 0.0525. The lowest BCUT2D eigenvalue weighted by Gasteiger charge is -2.26. The Labute approximate surface area is 156 Å². The summed E-state index contributed by atoms with van der Waals surface area (Å²) in [5, 5.41) is 2.38. The Morgan fingerprint density at radius 1 is 1.35 bits per heavy atom. The van der Waals surface area contributed by atoms with E-state index < -0.39 is 0 Å². The highest BCUT2D eigenvalue weighted by Gasteiger charge is 2.28. The van der Waals surface area contributed by atoms with Crippen LogP contribution < -0.4 is 9.47 Å². The van der Waals surface area contributed by atoms with E-state index in [0.717, 1.165) is 43.1 Å². The van der Waals surface area contributed by atoms with Crippen LogP contribution in [0.5, 0.6) is 11.5 Å². The van der Waals surface area contributed by atoms with Crippen LogP contribution in [0.4, 0.5) is 0 Å². The molecule has 1 atom stereocenters. The molecule has 1 aromatic carbocycles. The largest absolute Gasteiger partial charge is 0.486 e. The van der Waals surface area contributed by atoms with Gasteiger partial charge in [-0.25, -0.2) is 9.78 Å². The summed E-state index contributed by atoms with van der Waals surface area (Å²) < 4.78 is 16.4. The van der Waals surface area contributed by atoms with Gasteiger partial charge in [-0.2, -0.15) is 0 Å². The zero-order chi connectivity index (χ0) is 17.9. The minimum Gasteiger partial charge on any atom is -0.486 e. The number of ether oxygens (including phenoxy) is 3. The quantitative estimate of drug-likeness (QED) is 0.748. The fourth-order valence-electron chi connectivity index (χ4n) is 3.53. The molecule has 0 spiro atoms. The fraction of sp³-hybridized carbons (Fsp3) is 0.474. The molecule has 1 saturated heterocycles. The fourth-order valence-corrected chi connectivity index (χ4v) is 4.23. The van der Waals surface area contributed by atoms with Crippen molar-refractivity contribution in [1.82, 2.24) is 9.88 Å². The summed E-state index contributed by atoms with van der Waals surface area (Å²) in [5.74, 6) is 1.32. The third-order valence-electron chi connectivity index (χ3n) is 4.68. The van der Waals surface area contributed by atoms with Crippen LogP contribution in [0.15, 0.2) is 23.6 Å². The normalized spacial score (nSPS) is 19.5. The van der Waals surface area contributed by atoms with Crippen LogP contribution in [0.25, 0.3) is 0 Å². The van der Waals surface area contributed by atoms with E-state index in [4.69, 9.17) is 14.2 Å². The van der Waals surface area contributed by atoms with Crippen molar-refractivity contribution in [3.05, 3.63) is 39.8 Å². The van der Waals surface area contributed by atoms with E-state index in [-0.39, 0.29) is 5.97 Å². The molecule has 0 aliphatic carbocycles. The summed E-state index contributed by atoms with van der Waals surface area (Å²) in [6.07, 6.45) is 2.25. The predicted octanol–water partition coefficient (Wildman–Crippen LogP) is 3.43. The molecule has 0 radical (unpaired) electrons. The second-order valence-electron chi connectivity index (χ2n) is 6.40. The third kappa shape index (κ3) is 3.54. The molecular weight excluding hydrogens is 352 g/mol. The Hall–Kier alpha value is -2.12. The maximum absolute atomic E-state index is 11.8. The van der Waals surface area contributed by atoms with Gasteiger partial charge in [0.2, 0.25) is 5.01 Å². The van der Waals surface area contributed by atoms with Crippen molar-refractivity contribution in [2.45, 2.75) is 32.4 Å². The molecule has 1 aromatic heterocycles. The maximum Gasteiger partial charge on any atom is 0.367 e. The van der Waals surface area contributed by atoms with Crippen molar-refractivity contribution in [2.75, 3.05) is 26.4 Å². The van der Waals surface area contributed by atoms with Crippen LogP contribution in [0, 0.1) is 0 Å². The number of fused-ring (bicyclic) bond motifs is 1. The van der Waals surface area contributed by atoms with Crippen molar-refractivity contribution in [1.29, 1.82) is 0 Å². The smallest absolute Gasteiger partial charge is 0.367 e. The lowest BCUT2D eigenvalue weighted by atomic mass is 10.0. The minimum absolute atomic E-state index is 0.332. The Morgan fingerprint density at radius 2 is 2.19 bits per heavy atom. The van der Waals surface area contributed by atoms with Gasteiger partial charge in [-0.3, -0.25) is 4.90 Å². The lowest BCUT2D eigenvalue weighted by Crippen LogP contribution is -2.23. The Morgan fingerprint density at radius 3 is 3.04 bits per heavy atom. The van der Waals surface area contributed by atoms with Gasteiger partial charge in [0.1, 0.15) is 13.2 Å². The van der Waals surface area contributed by atoms with Crippen molar-refractivity contribution in [3.63, 3.8) is 0 Å². The van der Waals surface area contributed by atoms with Gasteiger partial charge in [0, 0.05) is 18.0 Å². The molecule has 0 saturated carbocycles. The summed E-state index contributed by atoms with van der Waals surface area (Å²) in [7, 11) is 0. The van der Waals surface area contributed by atoms with E-state index in [1.165, 1.54) is 16.9 Å². The molecule has 1 fully saturated rings.